The molecule has 322 valence electrons. The van der Waals surface area contributed by atoms with E-state index in [1.54, 1.807) is 32.9 Å². The number of aliphatic hydroxyl groups excluding tert-OH is 1. The second-order valence-electron chi connectivity index (χ2n) is 13.9. The van der Waals surface area contributed by atoms with Crippen molar-refractivity contribution in [1.82, 2.24) is 31.9 Å². The van der Waals surface area contributed by atoms with E-state index in [2.05, 4.69) is 31.9 Å². The normalized spacial score (nSPS) is 13.9. The molecule has 0 unspecified atom stereocenters. The van der Waals surface area contributed by atoms with Crippen LogP contribution >= 0.6 is 0 Å². The maximum Gasteiger partial charge on any atom is 0.310 e. The van der Waals surface area contributed by atoms with E-state index in [1.807, 2.05) is 0 Å². The number of phenolic OH excluding ortho intramolecular Hbond substituents is 1. The van der Waals surface area contributed by atoms with Crippen molar-refractivity contribution in [3.05, 3.63) is 63.7 Å². The van der Waals surface area contributed by atoms with Crippen LogP contribution < -0.4 is 43.4 Å². The van der Waals surface area contributed by atoms with E-state index in [0.29, 0.717) is 12.8 Å². The number of benzene rings is 2. The number of anilines is 1. The Kier molecular flexibility index (Phi) is 18.7. The van der Waals surface area contributed by atoms with Crippen LogP contribution in [-0.4, -0.2) is 110 Å². The summed E-state index contributed by atoms with van der Waals surface area (Å²) in [6, 6.07) is 0.405. The van der Waals surface area contributed by atoms with Crippen LogP contribution in [0.5, 0.6) is 5.75 Å². The number of rotatable bonds is 23. The Labute approximate surface area is 338 Å². The topological polar surface area (TPSA) is 365 Å². The van der Waals surface area contributed by atoms with Gasteiger partial charge in [0.2, 0.25) is 35.4 Å². The average molecular weight is 830 g/mol. The van der Waals surface area contributed by atoms with Crippen molar-refractivity contribution < 1.29 is 58.6 Å². The van der Waals surface area contributed by atoms with Gasteiger partial charge in [-0.1, -0.05) is 51.8 Å². The van der Waals surface area contributed by atoms with Gasteiger partial charge < -0.3 is 58.7 Å². The number of nitrogens with zero attached hydrogens (tertiary/aromatic N) is 1. The summed E-state index contributed by atoms with van der Waals surface area (Å²) < 4.78 is 0. The molecule has 6 atom stereocenters. The molecule has 2 aromatic rings. The van der Waals surface area contributed by atoms with E-state index < -0.39 is 125 Å². The standard InChI is InChI=1S/C37H51N9O13/c1-5-6-11-23(41-32(52)19(4)40-37(57)30(18(2)3)45-33(53)21-9-7-8-10-22(21)38)34(54)44-26(17-47)36(56)43-25(35(55)42-24(31(39)51)16-29(49)50)14-20-12-13-28(48)27(15-20)46(58)59/h7-10,12-13,15,18-19,23-26,30,47-48H,5-6,11,14,16-17,38H2,1-4H3,(H2,39,51)(H,40,57)(H,41,52)(H,42,55)(H,43,56)(H,44,54)(H,45,53)(H,49,50)/t19-,23-,24-,25-,26-,30-/m0/s1. The number of nitro benzene ring substituents is 1. The monoisotopic (exact) mass is 829 g/mol. The first-order chi connectivity index (χ1) is 27.7. The molecular weight excluding hydrogens is 778 g/mol. The number of nitro groups is 1. The number of hydrogen-bond donors (Lipinski definition) is 11. The number of aromatic hydroxyl groups is 1. The fourth-order valence-corrected chi connectivity index (χ4v) is 5.50. The molecule has 0 aliphatic rings. The summed E-state index contributed by atoms with van der Waals surface area (Å²) in [5.74, 6) is -9.31. The van der Waals surface area contributed by atoms with Crippen LogP contribution in [0, 0.1) is 16.0 Å². The lowest BCUT2D eigenvalue weighted by Gasteiger charge is -2.27. The third-order valence-corrected chi connectivity index (χ3v) is 8.84. The van der Waals surface area contributed by atoms with E-state index in [9.17, 15) is 58.7 Å². The number of nitrogens with one attached hydrogen (secondary N) is 6. The van der Waals surface area contributed by atoms with Crippen LogP contribution in [0.1, 0.15) is 69.3 Å². The molecule has 7 amide bonds. The minimum atomic E-state index is -1.77. The first kappa shape index (κ1) is 48.3. The van der Waals surface area contributed by atoms with Crippen LogP contribution in [0.4, 0.5) is 11.4 Å². The number of phenols is 1. The molecule has 22 heteroatoms. The van der Waals surface area contributed by atoms with E-state index in [-0.39, 0.29) is 23.2 Å². The number of carbonyl (C=O) groups excluding carboxylic acids is 7. The van der Waals surface area contributed by atoms with Crippen LogP contribution in [0.3, 0.4) is 0 Å². The number of nitrogen functional groups attached to an aromatic ring is 1. The predicted octanol–water partition coefficient (Wildman–Crippen LogP) is -1.53. The van der Waals surface area contributed by atoms with E-state index in [1.165, 1.54) is 25.1 Å². The van der Waals surface area contributed by atoms with Gasteiger partial charge in [-0.2, -0.15) is 0 Å². The Bertz CT molecular complexity index is 1890. The lowest BCUT2D eigenvalue weighted by molar-refractivity contribution is -0.385. The molecule has 0 fully saturated rings. The van der Waals surface area contributed by atoms with Gasteiger partial charge in [0.05, 0.1) is 23.5 Å². The van der Waals surface area contributed by atoms with Crippen molar-refractivity contribution in [1.29, 1.82) is 0 Å². The predicted molar refractivity (Wildman–Crippen MR) is 209 cm³/mol. The summed E-state index contributed by atoms with van der Waals surface area (Å²) >= 11 is 0. The minimum absolute atomic E-state index is 0.0138. The third-order valence-electron chi connectivity index (χ3n) is 8.84. The van der Waals surface area contributed by atoms with Gasteiger partial charge in [-0.25, -0.2) is 0 Å². The maximum absolute atomic E-state index is 13.5. The Balaban J connectivity index is 2.25. The number of amides is 7. The van der Waals surface area contributed by atoms with Crippen molar-refractivity contribution in [3.8, 4) is 5.75 Å². The highest BCUT2D eigenvalue weighted by Crippen LogP contribution is 2.27. The van der Waals surface area contributed by atoms with Gasteiger partial charge in [0.1, 0.15) is 36.3 Å². The second kappa shape index (κ2) is 22.8. The molecule has 0 spiro atoms. The smallest absolute Gasteiger partial charge is 0.310 e. The fraction of sp³-hybridized carbons (Fsp3) is 0.459. The SMILES string of the molecule is CCCC[C@H](NC(=O)[C@H](C)NC(=O)[C@@H](NC(=O)c1ccccc1N)C(C)C)C(=O)N[C@@H](CO)C(=O)N[C@@H](Cc1ccc(O)c([N+](=O)[O-])c1)C(=O)N[C@@H](CC(=O)O)C(N)=O. The number of carboxylic acid groups (broad SMARTS) is 1. The highest BCUT2D eigenvalue weighted by molar-refractivity contribution is 6.02. The van der Waals surface area contributed by atoms with Crippen molar-refractivity contribution >= 4 is 58.7 Å². The molecule has 2 rings (SSSR count). The average Bonchev–Trinajstić information content (AvgIpc) is 3.16. The highest BCUT2D eigenvalue weighted by Gasteiger charge is 2.33. The van der Waals surface area contributed by atoms with Gasteiger partial charge in [-0.3, -0.25) is 48.5 Å². The number of aliphatic carboxylic acids is 1. The molecule has 0 bridgehead atoms. The van der Waals surface area contributed by atoms with E-state index in [0.717, 1.165) is 12.1 Å². The molecule has 0 aliphatic heterocycles. The Morgan fingerprint density at radius 2 is 1.36 bits per heavy atom. The summed E-state index contributed by atoms with van der Waals surface area (Å²) in [5, 5.41) is 54.8. The summed E-state index contributed by atoms with van der Waals surface area (Å²) in [5.41, 5.74) is 10.7. The van der Waals surface area contributed by atoms with Gasteiger partial charge >= 0.3 is 11.7 Å². The number of aliphatic hydroxyl groups is 1. The number of nitrogens with two attached hydrogens (primary N) is 2. The van der Waals surface area contributed by atoms with Gasteiger partial charge in [0.25, 0.3) is 5.91 Å². The number of carboxylic acids is 1. The van der Waals surface area contributed by atoms with Crippen LogP contribution in [0.25, 0.3) is 0 Å². The van der Waals surface area contributed by atoms with Crippen LogP contribution in [0.2, 0.25) is 0 Å². The molecular formula is C37H51N9O13. The molecule has 0 saturated carbocycles. The molecule has 59 heavy (non-hydrogen) atoms. The van der Waals surface area contributed by atoms with Crippen LogP contribution in [0.15, 0.2) is 42.5 Å². The number of para-hydroxylation sites is 1. The van der Waals surface area contributed by atoms with Crippen LogP contribution in [-0.2, 0) is 40.0 Å². The molecule has 0 aliphatic carbocycles. The zero-order valence-corrected chi connectivity index (χ0v) is 32.9. The van der Waals surface area contributed by atoms with Gasteiger partial charge in [0, 0.05) is 18.2 Å². The molecule has 0 aromatic heterocycles. The first-order valence-corrected chi connectivity index (χ1v) is 18.5. The zero-order valence-electron chi connectivity index (χ0n) is 32.9. The lowest BCUT2D eigenvalue weighted by Crippen LogP contribution is -2.60. The van der Waals surface area contributed by atoms with Crippen molar-refractivity contribution in [2.75, 3.05) is 12.3 Å². The molecule has 0 heterocycles. The highest BCUT2D eigenvalue weighted by atomic mass is 16.6. The minimum Gasteiger partial charge on any atom is -0.502 e. The second-order valence-corrected chi connectivity index (χ2v) is 13.9. The summed E-state index contributed by atoms with van der Waals surface area (Å²) in [7, 11) is 0. The molecule has 2 aromatic carbocycles. The third kappa shape index (κ3) is 14.9. The summed E-state index contributed by atoms with van der Waals surface area (Å²) in [6.07, 6.45) is -0.465. The Morgan fingerprint density at radius 3 is 1.92 bits per heavy atom. The summed E-state index contributed by atoms with van der Waals surface area (Å²) in [4.78, 5) is 113. The number of unbranched alkanes of at least 4 members (excludes halogenated alkanes) is 1. The van der Waals surface area contributed by atoms with Crippen molar-refractivity contribution in [2.24, 2.45) is 11.7 Å². The summed E-state index contributed by atoms with van der Waals surface area (Å²) in [6.45, 7) is 5.45. The number of carbonyl (C=O) groups is 8. The van der Waals surface area contributed by atoms with E-state index in [4.69, 9.17) is 16.6 Å². The Morgan fingerprint density at radius 1 is 0.780 bits per heavy atom. The van der Waals surface area contributed by atoms with E-state index >= 15 is 0 Å². The largest absolute Gasteiger partial charge is 0.502 e. The Hall–Kier alpha value is -6.84. The zero-order chi connectivity index (χ0) is 44.6. The molecule has 0 radical (unpaired) electrons. The number of primary amides is 1. The van der Waals surface area contributed by atoms with Gasteiger partial charge in [-0.05, 0) is 43.0 Å². The molecule has 0 saturated heterocycles. The fourth-order valence-electron chi connectivity index (χ4n) is 5.50. The quantitative estimate of drug-likeness (QED) is 0.0344. The maximum atomic E-state index is 13.5. The van der Waals surface area contributed by atoms with Gasteiger partial charge in [0.15, 0.2) is 5.75 Å². The number of hydrogen-bond acceptors (Lipinski definition) is 13. The van der Waals surface area contributed by atoms with Gasteiger partial charge in [-0.15, -0.1) is 0 Å². The first-order valence-electron chi connectivity index (χ1n) is 18.5. The van der Waals surface area contributed by atoms with Crippen molar-refractivity contribution in [2.45, 2.75) is 96.1 Å². The lowest BCUT2D eigenvalue weighted by atomic mass is 10.0. The van der Waals surface area contributed by atoms with Crippen molar-refractivity contribution in [3.63, 3.8) is 0 Å². The molecule has 13 N–H and O–H groups in total. The molecule has 22 nitrogen and oxygen atoms in total.